The van der Waals surface area contributed by atoms with E-state index in [2.05, 4.69) is 0 Å². The van der Waals surface area contributed by atoms with Gasteiger partial charge >= 0.3 is 5.91 Å². The van der Waals surface area contributed by atoms with Gasteiger partial charge in [-0.05, 0) is 0 Å². The van der Waals surface area contributed by atoms with Gasteiger partial charge in [0.05, 0.1) is 0 Å². The molecule has 0 rings (SSSR count). The predicted octanol–water partition coefficient (Wildman–Crippen LogP) is -0.155. The summed E-state index contributed by atoms with van der Waals surface area (Å²) in [6.45, 7) is 1.14. The molecule has 0 aromatic carbocycles. The standard InChI is InChI=1S/C3H4ClNO2/c1-2(6)3(7)5-4/h1H3,(H,5,7). The molecular weight excluding hydrogens is 117 g/mol. The fraction of sp³-hybridized carbons (Fsp3) is 0.333. The number of hydrogen-bond acceptors (Lipinski definition) is 2. The Morgan fingerprint density at radius 2 is 2.00 bits per heavy atom. The third-order valence-corrected chi connectivity index (χ3v) is 0.577. The number of halogens is 1. The van der Waals surface area contributed by atoms with Crippen molar-refractivity contribution in [3.63, 3.8) is 0 Å². The van der Waals surface area contributed by atoms with Gasteiger partial charge in [0, 0.05) is 18.7 Å². The van der Waals surface area contributed by atoms with Gasteiger partial charge < -0.3 is 0 Å². The number of nitrogens with one attached hydrogen (secondary N) is 1. The molecule has 0 aliphatic carbocycles. The van der Waals surface area contributed by atoms with Gasteiger partial charge in [-0.2, -0.15) is 0 Å². The van der Waals surface area contributed by atoms with Crippen LogP contribution in [0.25, 0.3) is 0 Å². The number of hydrogen-bond donors (Lipinski definition) is 1. The summed E-state index contributed by atoms with van der Waals surface area (Å²) in [5, 5.41) is 0. The molecule has 0 saturated carbocycles. The second-order valence-corrected chi connectivity index (χ2v) is 1.17. The smallest absolute Gasteiger partial charge is 0.289 e. The summed E-state index contributed by atoms with van der Waals surface area (Å²) in [7, 11) is 0. The lowest BCUT2D eigenvalue weighted by atomic mass is 10.4. The zero-order valence-corrected chi connectivity index (χ0v) is 4.45. The van der Waals surface area contributed by atoms with Gasteiger partial charge in [0.1, 0.15) is 0 Å². The van der Waals surface area contributed by atoms with Crippen LogP contribution in [0.1, 0.15) is 6.92 Å². The van der Waals surface area contributed by atoms with Gasteiger partial charge in [-0.1, -0.05) is 0 Å². The van der Waals surface area contributed by atoms with Crippen LogP contribution in [0.15, 0.2) is 0 Å². The van der Waals surface area contributed by atoms with Crippen LogP contribution in [0.5, 0.6) is 0 Å². The van der Waals surface area contributed by atoms with Crippen molar-refractivity contribution >= 4 is 23.5 Å². The number of ketones is 1. The average Bonchev–Trinajstić information content (AvgIpc) is 1.65. The Balaban J connectivity index is 3.58. The maximum atomic E-state index is 9.92. The molecule has 0 aliphatic heterocycles. The lowest BCUT2D eigenvalue weighted by Crippen LogP contribution is -2.20. The molecule has 0 bridgehead atoms. The summed E-state index contributed by atoms with van der Waals surface area (Å²) in [5.74, 6) is -1.36. The summed E-state index contributed by atoms with van der Waals surface area (Å²) in [6, 6.07) is 0. The van der Waals surface area contributed by atoms with Crippen molar-refractivity contribution in [1.82, 2.24) is 4.84 Å². The number of Topliss-reactive ketones (excluding diaryl/α,β-unsaturated/α-hetero) is 1. The van der Waals surface area contributed by atoms with E-state index in [1.807, 2.05) is 0 Å². The Hall–Kier alpha value is -0.570. The second kappa shape index (κ2) is 2.58. The Morgan fingerprint density at radius 3 is 2.00 bits per heavy atom. The van der Waals surface area contributed by atoms with Gasteiger partial charge in [-0.25, -0.2) is 0 Å². The van der Waals surface area contributed by atoms with E-state index in [9.17, 15) is 9.59 Å². The number of carbonyl (C=O) groups excluding carboxylic acids is 2. The molecule has 0 fully saturated rings. The first-order chi connectivity index (χ1) is 3.18. The topological polar surface area (TPSA) is 46.2 Å². The number of rotatable bonds is 1. The Labute approximate surface area is 45.8 Å². The van der Waals surface area contributed by atoms with Crippen molar-refractivity contribution in [3.8, 4) is 0 Å². The maximum absolute atomic E-state index is 9.92. The first-order valence-electron chi connectivity index (χ1n) is 1.60. The Morgan fingerprint density at radius 1 is 1.57 bits per heavy atom. The SMILES string of the molecule is CC(=O)C(=O)NCl. The fourth-order valence-electron chi connectivity index (χ4n) is 0.0665. The number of amides is 1. The fourth-order valence-corrected chi connectivity index (χ4v) is 0.200. The van der Waals surface area contributed by atoms with Gasteiger partial charge in [-0.15, -0.1) is 0 Å². The first kappa shape index (κ1) is 6.43. The zero-order valence-electron chi connectivity index (χ0n) is 3.69. The first-order valence-corrected chi connectivity index (χ1v) is 1.98. The minimum Gasteiger partial charge on any atom is -0.289 e. The van der Waals surface area contributed by atoms with E-state index < -0.39 is 11.7 Å². The van der Waals surface area contributed by atoms with E-state index in [0.29, 0.717) is 0 Å². The molecule has 0 saturated heterocycles. The van der Waals surface area contributed by atoms with Gasteiger partial charge in [0.25, 0.3) is 0 Å². The average molecular weight is 122 g/mol. The minimum atomic E-state index is -0.776. The lowest BCUT2D eigenvalue weighted by Gasteiger charge is -1.83. The van der Waals surface area contributed by atoms with Gasteiger partial charge in [0.15, 0.2) is 0 Å². The third-order valence-electron chi connectivity index (χ3n) is 0.406. The lowest BCUT2D eigenvalue weighted by molar-refractivity contribution is -0.135. The van der Waals surface area contributed by atoms with Crippen LogP contribution in [0.4, 0.5) is 0 Å². The normalized spacial score (nSPS) is 7.71. The van der Waals surface area contributed by atoms with E-state index in [1.54, 1.807) is 4.84 Å². The molecule has 40 valence electrons. The molecule has 0 spiro atoms. The minimum absolute atomic E-state index is 0.588. The molecule has 0 radical (unpaired) electrons. The van der Waals surface area contributed by atoms with Crippen LogP contribution >= 0.6 is 11.8 Å². The summed E-state index contributed by atoms with van der Waals surface area (Å²) >= 11 is 4.73. The molecule has 0 heterocycles. The van der Waals surface area contributed by atoms with Crippen LogP contribution in [0.2, 0.25) is 0 Å². The predicted molar refractivity (Wildman–Crippen MR) is 24.7 cm³/mol. The van der Waals surface area contributed by atoms with Crippen LogP contribution in [-0.2, 0) is 9.59 Å². The van der Waals surface area contributed by atoms with Crippen molar-refractivity contribution in [2.75, 3.05) is 0 Å². The summed E-state index contributed by atoms with van der Waals surface area (Å²) in [6.07, 6.45) is 0. The van der Waals surface area contributed by atoms with E-state index in [4.69, 9.17) is 11.8 Å². The molecule has 0 unspecified atom stereocenters. The molecule has 0 aliphatic rings. The van der Waals surface area contributed by atoms with Crippen molar-refractivity contribution in [3.05, 3.63) is 0 Å². The second-order valence-electron chi connectivity index (χ2n) is 0.980. The van der Waals surface area contributed by atoms with Crippen molar-refractivity contribution in [2.45, 2.75) is 6.92 Å². The maximum Gasteiger partial charge on any atom is 0.301 e. The van der Waals surface area contributed by atoms with E-state index in [-0.39, 0.29) is 0 Å². The van der Waals surface area contributed by atoms with E-state index >= 15 is 0 Å². The van der Waals surface area contributed by atoms with Crippen molar-refractivity contribution < 1.29 is 9.59 Å². The highest BCUT2D eigenvalue weighted by molar-refractivity contribution is 6.42. The van der Waals surface area contributed by atoms with E-state index in [0.717, 1.165) is 6.92 Å². The molecule has 4 heteroatoms. The third kappa shape index (κ3) is 2.17. The quantitative estimate of drug-likeness (QED) is 0.387. The van der Waals surface area contributed by atoms with Crippen LogP contribution in [0, 0.1) is 0 Å². The van der Waals surface area contributed by atoms with E-state index in [1.165, 1.54) is 0 Å². The Bertz CT molecular complexity index is 101. The molecule has 0 aromatic rings. The molecule has 1 amide bonds. The van der Waals surface area contributed by atoms with Crippen LogP contribution in [-0.4, -0.2) is 11.7 Å². The van der Waals surface area contributed by atoms with Crippen molar-refractivity contribution in [2.24, 2.45) is 0 Å². The van der Waals surface area contributed by atoms with Gasteiger partial charge in [-0.3, -0.25) is 14.4 Å². The largest absolute Gasteiger partial charge is 0.301 e. The summed E-state index contributed by atoms with van der Waals surface area (Å²) in [5.41, 5.74) is 0. The molecule has 0 aromatic heterocycles. The van der Waals surface area contributed by atoms with Crippen molar-refractivity contribution in [1.29, 1.82) is 0 Å². The summed E-state index contributed by atoms with van der Waals surface area (Å²) < 4.78 is 0. The van der Waals surface area contributed by atoms with Crippen LogP contribution in [0.3, 0.4) is 0 Å². The highest BCUT2D eigenvalue weighted by atomic mass is 35.5. The molecule has 3 nitrogen and oxygen atoms in total. The molecular formula is C3H4ClNO2. The highest BCUT2D eigenvalue weighted by Crippen LogP contribution is 1.68. The molecule has 0 atom stereocenters. The van der Waals surface area contributed by atoms with Crippen LogP contribution < -0.4 is 4.84 Å². The monoisotopic (exact) mass is 121 g/mol. The molecule has 7 heavy (non-hydrogen) atoms. The van der Waals surface area contributed by atoms with Gasteiger partial charge in [0.2, 0.25) is 5.78 Å². The summed E-state index contributed by atoms with van der Waals surface area (Å²) in [4.78, 5) is 21.4. The number of carbonyl (C=O) groups is 2. The zero-order chi connectivity index (χ0) is 5.86. The molecule has 1 N–H and O–H groups in total. The highest BCUT2D eigenvalue weighted by Gasteiger charge is 2.01. The Kier molecular flexibility index (Phi) is 2.37.